The monoisotopic (exact) mass is 818 g/mol. The molecule has 0 spiro atoms. The van der Waals surface area contributed by atoms with Crippen LogP contribution in [-0.2, 0) is 0 Å². The van der Waals surface area contributed by atoms with Crippen molar-refractivity contribution < 1.29 is 4.42 Å². The van der Waals surface area contributed by atoms with Gasteiger partial charge in [0.1, 0.15) is 11.2 Å². The number of para-hydroxylation sites is 5. The van der Waals surface area contributed by atoms with E-state index in [1.807, 2.05) is 36.4 Å². The van der Waals surface area contributed by atoms with Gasteiger partial charge in [-0.05, 0) is 60.7 Å². The molecule has 9 aromatic carbocycles. The fourth-order valence-corrected chi connectivity index (χ4v) is 10.1. The van der Waals surface area contributed by atoms with Gasteiger partial charge in [0.25, 0.3) is 0 Å². The molecule has 0 atom stereocenters. The first kappa shape index (κ1) is 34.9. The van der Waals surface area contributed by atoms with Crippen LogP contribution in [0, 0.1) is 0 Å². The van der Waals surface area contributed by atoms with E-state index in [-0.39, 0.29) is 0 Å². The molecular formula is C57H34N6O. The Morgan fingerprint density at radius 1 is 0.297 bits per heavy atom. The minimum atomic E-state index is 0.531. The Morgan fingerprint density at radius 3 is 1.52 bits per heavy atom. The number of rotatable bonds is 5. The molecule has 7 heteroatoms. The lowest BCUT2D eigenvalue weighted by atomic mass is 10.1. The molecule has 0 saturated heterocycles. The molecule has 0 N–H and O–H groups in total. The summed E-state index contributed by atoms with van der Waals surface area (Å²) in [4.78, 5) is 15.9. The first-order valence-corrected chi connectivity index (χ1v) is 21.5. The zero-order chi connectivity index (χ0) is 41.9. The van der Waals surface area contributed by atoms with Gasteiger partial charge in [0, 0.05) is 65.6 Å². The van der Waals surface area contributed by atoms with E-state index in [4.69, 9.17) is 19.4 Å². The largest absolute Gasteiger partial charge is 0.456 e. The molecule has 0 aliphatic heterocycles. The van der Waals surface area contributed by atoms with Gasteiger partial charge in [0.2, 0.25) is 5.95 Å². The van der Waals surface area contributed by atoms with Gasteiger partial charge in [-0.3, -0.25) is 4.57 Å². The van der Waals surface area contributed by atoms with E-state index in [1.165, 1.54) is 21.7 Å². The summed E-state index contributed by atoms with van der Waals surface area (Å²) in [5, 5.41) is 9.09. The van der Waals surface area contributed by atoms with Crippen LogP contribution >= 0.6 is 0 Å². The molecule has 0 fully saturated rings. The van der Waals surface area contributed by atoms with E-state index in [2.05, 4.69) is 184 Å². The smallest absolute Gasteiger partial charge is 0.238 e. The van der Waals surface area contributed by atoms with Crippen molar-refractivity contribution in [2.24, 2.45) is 0 Å². The molecule has 0 saturated carbocycles. The van der Waals surface area contributed by atoms with Crippen molar-refractivity contribution in [2.45, 2.75) is 0 Å². The second-order valence-electron chi connectivity index (χ2n) is 16.4. The maximum atomic E-state index is 6.38. The van der Waals surface area contributed by atoms with Gasteiger partial charge in [-0.1, -0.05) is 146 Å². The third-order valence-corrected chi connectivity index (χ3v) is 12.9. The normalized spacial score (nSPS) is 12.1. The number of hydrogen-bond donors (Lipinski definition) is 0. The molecule has 0 bridgehead atoms. The highest BCUT2D eigenvalue weighted by Gasteiger charge is 2.24. The molecule has 0 amide bonds. The number of fused-ring (bicyclic) bond motifs is 13. The Kier molecular flexibility index (Phi) is 7.27. The summed E-state index contributed by atoms with van der Waals surface area (Å²) in [5.41, 5.74) is 12.1. The fourth-order valence-electron chi connectivity index (χ4n) is 10.1. The number of furan rings is 1. The lowest BCUT2D eigenvalue weighted by molar-refractivity contribution is 0.669. The summed E-state index contributed by atoms with van der Waals surface area (Å²) in [6.45, 7) is 0. The van der Waals surface area contributed by atoms with Crippen molar-refractivity contribution in [1.29, 1.82) is 0 Å². The van der Waals surface area contributed by atoms with Gasteiger partial charge in [0.15, 0.2) is 11.6 Å². The molecule has 5 aromatic heterocycles. The van der Waals surface area contributed by atoms with Crippen LogP contribution in [0.5, 0.6) is 0 Å². The Balaban J connectivity index is 1.09. The summed E-state index contributed by atoms with van der Waals surface area (Å²) in [7, 11) is 0. The third kappa shape index (κ3) is 5.00. The summed E-state index contributed by atoms with van der Waals surface area (Å²) < 4.78 is 13.4. The highest BCUT2D eigenvalue weighted by molar-refractivity contribution is 6.24. The van der Waals surface area contributed by atoms with Crippen LogP contribution in [0.2, 0.25) is 0 Å². The standard InChI is InChI=1S/C57H34N6O/c1-3-15-35(16-4-1)55-58-56(36-27-29-44-43-22-10-14-26-51(43)64-52(44)33-36)60-57(59-55)63-49-25-13-9-21-41(49)46-32-31-45-40-20-8-12-24-48(40)62(53(45)54(46)63)38-28-30-42-39-19-7-11-23-47(39)61(50(42)34-38)37-17-5-2-6-18-37/h1-34H. The van der Waals surface area contributed by atoms with Crippen molar-refractivity contribution in [3.05, 3.63) is 206 Å². The molecule has 64 heavy (non-hydrogen) atoms. The maximum absolute atomic E-state index is 6.38. The molecule has 0 aliphatic rings. The average Bonchev–Trinajstić information content (AvgIpc) is 4.10. The second-order valence-corrected chi connectivity index (χ2v) is 16.4. The first-order valence-electron chi connectivity index (χ1n) is 21.5. The minimum absolute atomic E-state index is 0.531. The topological polar surface area (TPSA) is 66.6 Å². The molecule has 0 aliphatic carbocycles. The quantitative estimate of drug-likeness (QED) is 0.173. The van der Waals surface area contributed by atoms with E-state index in [9.17, 15) is 0 Å². The first-order chi connectivity index (χ1) is 31.7. The summed E-state index contributed by atoms with van der Waals surface area (Å²) >= 11 is 0. The van der Waals surface area contributed by atoms with Gasteiger partial charge >= 0.3 is 0 Å². The van der Waals surface area contributed by atoms with Crippen molar-refractivity contribution in [1.82, 2.24) is 28.7 Å². The molecule has 0 unspecified atom stereocenters. The number of nitrogens with zero attached hydrogens (tertiary/aromatic N) is 6. The van der Waals surface area contributed by atoms with Crippen molar-refractivity contribution in [3.8, 4) is 40.1 Å². The Hall–Kier alpha value is -8.81. The van der Waals surface area contributed by atoms with Gasteiger partial charge in [-0.2, -0.15) is 9.97 Å². The van der Waals surface area contributed by atoms with Gasteiger partial charge < -0.3 is 13.6 Å². The average molecular weight is 819 g/mol. The molecule has 14 rings (SSSR count). The maximum Gasteiger partial charge on any atom is 0.238 e. The van der Waals surface area contributed by atoms with Crippen LogP contribution in [-0.4, -0.2) is 28.7 Å². The minimum Gasteiger partial charge on any atom is -0.456 e. The zero-order valence-corrected chi connectivity index (χ0v) is 34.2. The molecule has 298 valence electrons. The number of hydrogen-bond acceptors (Lipinski definition) is 4. The highest BCUT2D eigenvalue weighted by atomic mass is 16.3. The summed E-state index contributed by atoms with van der Waals surface area (Å²) in [6.07, 6.45) is 0. The molecule has 7 nitrogen and oxygen atoms in total. The summed E-state index contributed by atoms with van der Waals surface area (Å²) in [5.74, 6) is 1.68. The van der Waals surface area contributed by atoms with E-state index < -0.39 is 0 Å². The van der Waals surface area contributed by atoms with E-state index >= 15 is 0 Å². The van der Waals surface area contributed by atoms with E-state index in [0.717, 1.165) is 88.2 Å². The number of aromatic nitrogens is 6. The van der Waals surface area contributed by atoms with E-state index in [1.54, 1.807) is 0 Å². The molecule has 5 heterocycles. The SMILES string of the molecule is c1ccc(-c2nc(-c3ccc4c(c3)oc3ccccc34)nc(-n3c4ccccc4c4ccc5c6ccccc6n(-c6ccc7c8ccccc8n(-c8ccccc8)c7c6)c5c43)n2)cc1. The Bertz CT molecular complexity index is 4190. The molecular weight excluding hydrogens is 785 g/mol. The lowest BCUT2D eigenvalue weighted by Gasteiger charge is -2.14. The van der Waals surface area contributed by atoms with Gasteiger partial charge in [0.05, 0.1) is 33.1 Å². The van der Waals surface area contributed by atoms with Crippen molar-refractivity contribution >= 4 is 87.4 Å². The highest BCUT2D eigenvalue weighted by Crippen LogP contribution is 2.43. The predicted molar refractivity (Wildman–Crippen MR) is 261 cm³/mol. The zero-order valence-electron chi connectivity index (χ0n) is 34.2. The lowest BCUT2D eigenvalue weighted by Crippen LogP contribution is -2.07. The van der Waals surface area contributed by atoms with E-state index in [0.29, 0.717) is 17.6 Å². The third-order valence-electron chi connectivity index (χ3n) is 12.9. The van der Waals surface area contributed by atoms with Crippen molar-refractivity contribution in [3.63, 3.8) is 0 Å². The van der Waals surface area contributed by atoms with Crippen molar-refractivity contribution in [2.75, 3.05) is 0 Å². The molecule has 0 radical (unpaired) electrons. The number of benzene rings is 9. The van der Waals surface area contributed by atoms with Crippen LogP contribution in [0.4, 0.5) is 0 Å². The predicted octanol–water partition coefficient (Wildman–Crippen LogP) is 14.4. The van der Waals surface area contributed by atoms with Crippen LogP contribution in [0.1, 0.15) is 0 Å². The molecule has 14 aromatic rings. The van der Waals surface area contributed by atoms with Crippen LogP contribution in [0.15, 0.2) is 211 Å². The Morgan fingerprint density at radius 2 is 0.797 bits per heavy atom. The van der Waals surface area contributed by atoms with Gasteiger partial charge in [-0.25, -0.2) is 4.98 Å². The summed E-state index contributed by atoms with van der Waals surface area (Å²) in [6, 6.07) is 72.6. The van der Waals surface area contributed by atoms with Gasteiger partial charge in [-0.15, -0.1) is 0 Å². The fraction of sp³-hybridized carbons (Fsp3) is 0. The van der Waals surface area contributed by atoms with Crippen LogP contribution < -0.4 is 0 Å². The second kappa shape index (κ2) is 13.3. The van der Waals surface area contributed by atoms with Crippen LogP contribution in [0.3, 0.4) is 0 Å². The Labute approximate surface area is 365 Å². The van der Waals surface area contributed by atoms with Crippen LogP contribution in [0.25, 0.3) is 127 Å².